The third kappa shape index (κ3) is 3.13. The molecule has 5 heteroatoms. The van der Waals surface area contributed by atoms with Crippen molar-refractivity contribution in [2.75, 3.05) is 12.4 Å². The quantitative estimate of drug-likeness (QED) is 0.877. The molecule has 2 rings (SSSR count). The summed E-state index contributed by atoms with van der Waals surface area (Å²) in [6.07, 6.45) is 1.92. The van der Waals surface area contributed by atoms with E-state index in [0.717, 1.165) is 16.9 Å². The van der Waals surface area contributed by atoms with Crippen molar-refractivity contribution >= 4 is 11.6 Å². The van der Waals surface area contributed by atoms with Crippen molar-refractivity contribution in [3.8, 4) is 0 Å². The molecule has 0 aliphatic rings. The summed E-state index contributed by atoms with van der Waals surface area (Å²) < 4.78 is 1.75. The number of nitrogens with one attached hydrogen (secondary N) is 2. The van der Waals surface area contributed by atoms with Crippen molar-refractivity contribution in [1.29, 1.82) is 0 Å². The van der Waals surface area contributed by atoms with Crippen LogP contribution in [0.1, 0.15) is 21.6 Å². The topological polar surface area (TPSA) is 59.0 Å². The predicted octanol–water partition coefficient (Wildman–Crippen LogP) is 1.70. The molecule has 1 aromatic carbocycles. The molecule has 0 spiro atoms. The Morgan fingerprint density at radius 2 is 2.00 bits per heavy atom. The predicted molar refractivity (Wildman–Crippen MR) is 75.1 cm³/mol. The lowest BCUT2D eigenvalue weighted by Gasteiger charge is -2.05. The zero-order chi connectivity index (χ0) is 13.8. The van der Waals surface area contributed by atoms with E-state index in [9.17, 15) is 4.79 Å². The Kier molecular flexibility index (Phi) is 3.85. The van der Waals surface area contributed by atoms with Crippen LogP contribution in [0.15, 0.2) is 30.5 Å². The summed E-state index contributed by atoms with van der Waals surface area (Å²) in [5, 5.41) is 10.2. The third-order valence-corrected chi connectivity index (χ3v) is 2.99. The van der Waals surface area contributed by atoms with E-state index in [0.29, 0.717) is 12.1 Å². The number of nitrogens with zero attached hydrogens (tertiary/aromatic N) is 2. The maximum atomic E-state index is 12.0. The van der Waals surface area contributed by atoms with Crippen molar-refractivity contribution in [3.05, 3.63) is 47.3 Å². The van der Waals surface area contributed by atoms with Crippen LogP contribution < -0.4 is 10.6 Å². The minimum absolute atomic E-state index is 0.0779. The highest BCUT2D eigenvalue weighted by Crippen LogP contribution is 2.09. The molecule has 1 heterocycles. The summed E-state index contributed by atoms with van der Waals surface area (Å²) in [4.78, 5) is 12.0. The van der Waals surface area contributed by atoms with Crippen LogP contribution in [0.3, 0.4) is 0 Å². The molecule has 0 saturated heterocycles. The van der Waals surface area contributed by atoms with E-state index in [2.05, 4.69) is 15.7 Å². The summed E-state index contributed by atoms with van der Waals surface area (Å²) in [7, 11) is 3.72. The molecule has 19 heavy (non-hydrogen) atoms. The van der Waals surface area contributed by atoms with Gasteiger partial charge < -0.3 is 10.6 Å². The van der Waals surface area contributed by atoms with Gasteiger partial charge in [0.25, 0.3) is 5.91 Å². The number of hydrogen-bond donors (Lipinski definition) is 2. The molecule has 1 amide bonds. The van der Waals surface area contributed by atoms with Crippen LogP contribution in [0.25, 0.3) is 0 Å². The van der Waals surface area contributed by atoms with E-state index in [1.807, 2.05) is 39.3 Å². The number of benzene rings is 1. The fourth-order valence-corrected chi connectivity index (χ4v) is 1.89. The van der Waals surface area contributed by atoms with Gasteiger partial charge in [-0.15, -0.1) is 0 Å². The van der Waals surface area contributed by atoms with E-state index >= 15 is 0 Å². The molecule has 0 bridgehead atoms. The highest BCUT2D eigenvalue weighted by atomic mass is 16.1. The standard InChI is InChI=1S/C14H18N4O/c1-10-12(9-18(3)17-10)8-16-14(19)11-4-6-13(15-2)7-5-11/h4-7,9,15H,8H2,1-3H3,(H,16,19). The van der Waals surface area contributed by atoms with Gasteiger partial charge in [-0.1, -0.05) is 0 Å². The molecule has 0 saturated carbocycles. The third-order valence-electron chi connectivity index (χ3n) is 2.99. The zero-order valence-corrected chi connectivity index (χ0v) is 11.4. The lowest BCUT2D eigenvalue weighted by molar-refractivity contribution is 0.0951. The number of rotatable bonds is 4. The highest BCUT2D eigenvalue weighted by molar-refractivity contribution is 5.94. The van der Waals surface area contributed by atoms with Gasteiger partial charge in [0.15, 0.2) is 0 Å². The fourth-order valence-electron chi connectivity index (χ4n) is 1.89. The van der Waals surface area contributed by atoms with E-state index < -0.39 is 0 Å². The van der Waals surface area contributed by atoms with Gasteiger partial charge in [0.1, 0.15) is 0 Å². The average Bonchev–Trinajstić information content (AvgIpc) is 2.74. The smallest absolute Gasteiger partial charge is 0.251 e. The maximum Gasteiger partial charge on any atom is 0.251 e. The molecule has 2 N–H and O–H groups in total. The van der Waals surface area contributed by atoms with Crippen molar-refractivity contribution in [2.45, 2.75) is 13.5 Å². The molecule has 2 aromatic rings. The van der Waals surface area contributed by atoms with Crippen LogP contribution in [-0.4, -0.2) is 22.7 Å². The number of carbonyl (C=O) groups is 1. The Morgan fingerprint density at radius 3 is 2.53 bits per heavy atom. The molecular weight excluding hydrogens is 240 g/mol. The number of carbonyl (C=O) groups excluding carboxylic acids is 1. The largest absolute Gasteiger partial charge is 0.388 e. The van der Waals surface area contributed by atoms with Crippen LogP contribution in [0.5, 0.6) is 0 Å². The van der Waals surface area contributed by atoms with Gasteiger partial charge in [0, 0.05) is 43.7 Å². The molecule has 5 nitrogen and oxygen atoms in total. The van der Waals surface area contributed by atoms with Gasteiger partial charge in [-0.05, 0) is 31.2 Å². The molecular formula is C14H18N4O. The number of hydrogen-bond acceptors (Lipinski definition) is 3. The molecule has 0 atom stereocenters. The van der Waals surface area contributed by atoms with E-state index in [-0.39, 0.29) is 5.91 Å². The number of aromatic nitrogens is 2. The molecule has 100 valence electrons. The lowest BCUT2D eigenvalue weighted by Crippen LogP contribution is -2.22. The fraction of sp³-hybridized carbons (Fsp3) is 0.286. The first kappa shape index (κ1) is 13.1. The maximum absolute atomic E-state index is 12.0. The Labute approximate surface area is 112 Å². The first-order valence-electron chi connectivity index (χ1n) is 6.15. The number of amides is 1. The van der Waals surface area contributed by atoms with Crippen LogP contribution in [0, 0.1) is 6.92 Å². The average molecular weight is 258 g/mol. The Morgan fingerprint density at radius 1 is 1.32 bits per heavy atom. The van der Waals surface area contributed by atoms with Crippen LogP contribution in [0.4, 0.5) is 5.69 Å². The van der Waals surface area contributed by atoms with Crippen molar-refractivity contribution in [2.24, 2.45) is 7.05 Å². The van der Waals surface area contributed by atoms with E-state index in [4.69, 9.17) is 0 Å². The number of aryl methyl sites for hydroxylation is 2. The van der Waals surface area contributed by atoms with Crippen molar-refractivity contribution < 1.29 is 4.79 Å². The molecule has 1 aromatic heterocycles. The summed E-state index contributed by atoms with van der Waals surface area (Å²) in [6, 6.07) is 7.36. The first-order chi connectivity index (χ1) is 9.10. The van der Waals surface area contributed by atoms with Gasteiger partial charge in [-0.25, -0.2) is 0 Å². The minimum atomic E-state index is -0.0779. The van der Waals surface area contributed by atoms with Gasteiger partial charge >= 0.3 is 0 Å². The van der Waals surface area contributed by atoms with Crippen molar-refractivity contribution in [3.63, 3.8) is 0 Å². The van der Waals surface area contributed by atoms with E-state index in [1.165, 1.54) is 0 Å². The molecule has 0 aliphatic carbocycles. The molecule has 0 unspecified atom stereocenters. The van der Waals surface area contributed by atoms with Gasteiger partial charge in [-0.3, -0.25) is 9.48 Å². The molecule has 0 fully saturated rings. The second-order valence-electron chi connectivity index (χ2n) is 4.42. The second-order valence-corrected chi connectivity index (χ2v) is 4.42. The summed E-state index contributed by atoms with van der Waals surface area (Å²) in [6.45, 7) is 2.43. The minimum Gasteiger partial charge on any atom is -0.388 e. The van der Waals surface area contributed by atoms with E-state index in [1.54, 1.807) is 16.8 Å². The van der Waals surface area contributed by atoms with Gasteiger partial charge in [0.05, 0.1) is 5.69 Å². The van der Waals surface area contributed by atoms with Crippen LogP contribution >= 0.6 is 0 Å². The van der Waals surface area contributed by atoms with Crippen LogP contribution in [0.2, 0.25) is 0 Å². The molecule has 0 aliphatic heterocycles. The number of anilines is 1. The van der Waals surface area contributed by atoms with Gasteiger partial charge in [0.2, 0.25) is 0 Å². The normalized spacial score (nSPS) is 10.3. The Balaban J connectivity index is 1.99. The summed E-state index contributed by atoms with van der Waals surface area (Å²) in [5.41, 5.74) is 3.61. The molecule has 0 radical (unpaired) electrons. The second kappa shape index (κ2) is 5.56. The monoisotopic (exact) mass is 258 g/mol. The summed E-state index contributed by atoms with van der Waals surface area (Å²) in [5.74, 6) is -0.0779. The first-order valence-corrected chi connectivity index (χ1v) is 6.15. The highest BCUT2D eigenvalue weighted by Gasteiger charge is 2.07. The zero-order valence-electron chi connectivity index (χ0n) is 11.4. The Bertz CT molecular complexity index is 572. The Hall–Kier alpha value is -2.30. The van der Waals surface area contributed by atoms with Crippen LogP contribution in [-0.2, 0) is 13.6 Å². The van der Waals surface area contributed by atoms with Crippen molar-refractivity contribution in [1.82, 2.24) is 15.1 Å². The lowest BCUT2D eigenvalue weighted by atomic mass is 10.2. The summed E-state index contributed by atoms with van der Waals surface area (Å²) >= 11 is 0. The van der Waals surface area contributed by atoms with Gasteiger partial charge in [-0.2, -0.15) is 5.10 Å². The SMILES string of the molecule is CNc1ccc(C(=O)NCc2cn(C)nc2C)cc1.